The molecule has 0 aliphatic heterocycles. The largest absolute Gasteiger partial charge is 0.480 e. The Labute approximate surface area is 168 Å². The van der Waals surface area contributed by atoms with E-state index >= 15 is 0 Å². The van der Waals surface area contributed by atoms with Gasteiger partial charge in [-0.2, -0.15) is 0 Å². The third-order valence-electron chi connectivity index (χ3n) is 4.98. The lowest BCUT2D eigenvalue weighted by Crippen LogP contribution is -2.63. The molecule has 0 saturated heterocycles. The van der Waals surface area contributed by atoms with E-state index in [2.05, 4.69) is 6.92 Å². The second-order valence-electron chi connectivity index (χ2n) is 7.53. The van der Waals surface area contributed by atoms with Gasteiger partial charge in [0.1, 0.15) is 11.9 Å². The van der Waals surface area contributed by atoms with Gasteiger partial charge in [0.15, 0.2) is 5.54 Å². The van der Waals surface area contributed by atoms with Crippen molar-refractivity contribution in [2.75, 3.05) is 6.61 Å². The molecule has 0 saturated carbocycles. The molecule has 7 heteroatoms. The van der Waals surface area contributed by atoms with Crippen molar-refractivity contribution in [2.24, 2.45) is 5.73 Å². The number of ketones is 1. The predicted molar refractivity (Wildman–Crippen MR) is 109 cm³/mol. The van der Waals surface area contributed by atoms with Crippen LogP contribution in [0.25, 0.3) is 0 Å². The number of nitrogens with two attached hydrogens (primary N) is 1. The molecular weight excluding hydrogens is 362 g/mol. The molecular formula is C21H39NO6. The number of carbonyl (C=O) groups excluding carboxylic acids is 1. The van der Waals surface area contributed by atoms with Crippen LogP contribution in [-0.4, -0.2) is 56.5 Å². The number of rotatable bonds is 18. The zero-order valence-corrected chi connectivity index (χ0v) is 17.2. The average molecular weight is 402 g/mol. The lowest BCUT2D eigenvalue weighted by atomic mass is 9.89. The number of hydrogen-bond donors (Lipinski definition) is 5. The number of aliphatic hydroxyl groups is 3. The molecule has 0 aromatic heterocycles. The first-order valence-corrected chi connectivity index (χ1v) is 10.5. The monoisotopic (exact) mass is 401 g/mol. The van der Waals surface area contributed by atoms with E-state index in [1.54, 1.807) is 6.08 Å². The van der Waals surface area contributed by atoms with Crippen LogP contribution in [0.5, 0.6) is 0 Å². The van der Waals surface area contributed by atoms with Crippen LogP contribution >= 0.6 is 0 Å². The topological polar surface area (TPSA) is 141 Å². The molecule has 0 radical (unpaired) electrons. The molecule has 28 heavy (non-hydrogen) atoms. The fourth-order valence-electron chi connectivity index (χ4n) is 2.93. The normalized spacial score (nSPS) is 16.0. The smallest absolute Gasteiger partial charge is 0.328 e. The third kappa shape index (κ3) is 10.9. The first-order valence-electron chi connectivity index (χ1n) is 10.5. The first-order chi connectivity index (χ1) is 13.3. The van der Waals surface area contributed by atoms with Crippen molar-refractivity contribution in [2.45, 2.75) is 102 Å². The summed E-state index contributed by atoms with van der Waals surface area (Å²) < 4.78 is 0. The van der Waals surface area contributed by atoms with E-state index in [9.17, 15) is 19.8 Å². The number of allylic oxidation sites excluding steroid dienone is 1. The molecule has 3 atom stereocenters. The summed E-state index contributed by atoms with van der Waals surface area (Å²) in [7, 11) is 0. The maximum absolute atomic E-state index is 11.7. The molecule has 0 aromatic rings. The molecule has 6 N–H and O–H groups in total. The molecule has 0 aliphatic rings. The van der Waals surface area contributed by atoms with E-state index in [0.29, 0.717) is 18.6 Å². The number of carboxylic acids is 1. The number of Topliss-reactive ketones (excluding diaryl/α,β-unsaturated/α-hetero) is 1. The number of hydrogen-bond acceptors (Lipinski definition) is 6. The van der Waals surface area contributed by atoms with Gasteiger partial charge < -0.3 is 26.2 Å². The van der Waals surface area contributed by atoms with Crippen molar-refractivity contribution in [1.29, 1.82) is 0 Å². The van der Waals surface area contributed by atoms with E-state index in [-0.39, 0.29) is 6.42 Å². The van der Waals surface area contributed by atoms with Gasteiger partial charge in [-0.25, -0.2) is 0 Å². The molecule has 1 unspecified atom stereocenters. The first kappa shape index (κ1) is 26.7. The summed E-state index contributed by atoms with van der Waals surface area (Å²) in [6, 6.07) is 0. The lowest BCUT2D eigenvalue weighted by Gasteiger charge is -2.30. The van der Waals surface area contributed by atoms with Crippen molar-refractivity contribution in [3.05, 3.63) is 12.2 Å². The van der Waals surface area contributed by atoms with Crippen LogP contribution in [0.3, 0.4) is 0 Å². The van der Waals surface area contributed by atoms with Gasteiger partial charge in [-0.3, -0.25) is 9.59 Å². The number of aliphatic carboxylic acids is 1. The van der Waals surface area contributed by atoms with Crippen LogP contribution in [0.15, 0.2) is 12.2 Å². The van der Waals surface area contributed by atoms with E-state index in [1.807, 2.05) is 6.08 Å². The van der Waals surface area contributed by atoms with Crippen molar-refractivity contribution >= 4 is 11.8 Å². The molecule has 7 nitrogen and oxygen atoms in total. The minimum Gasteiger partial charge on any atom is -0.480 e. The summed E-state index contributed by atoms with van der Waals surface area (Å²) >= 11 is 0. The number of carboxylic acid groups (broad SMARTS) is 1. The van der Waals surface area contributed by atoms with E-state index in [1.165, 1.54) is 12.8 Å². The van der Waals surface area contributed by atoms with Crippen LogP contribution < -0.4 is 5.73 Å². The van der Waals surface area contributed by atoms with Gasteiger partial charge in [0.2, 0.25) is 0 Å². The molecule has 0 heterocycles. The number of carbonyl (C=O) groups is 2. The Morgan fingerprint density at radius 2 is 1.54 bits per heavy atom. The standard InChI is InChI=1S/C21H39NO6/c1-2-3-4-10-13-17(24)14-11-8-6-5-7-9-12-15-18(25)19(26)21(22,16-23)20(27)28/h9,12,18-19,23,25-26H,2-8,10-11,13-16,22H2,1H3,(H,27,28)/b12-9+/t18-,19+,21?/m1/s1. The second-order valence-corrected chi connectivity index (χ2v) is 7.53. The molecule has 0 bridgehead atoms. The van der Waals surface area contributed by atoms with E-state index in [4.69, 9.17) is 15.9 Å². The van der Waals surface area contributed by atoms with Crippen LogP contribution in [0.4, 0.5) is 0 Å². The molecule has 0 aromatic carbocycles. The summed E-state index contributed by atoms with van der Waals surface area (Å²) in [5.74, 6) is -1.20. The van der Waals surface area contributed by atoms with Crippen LogP contribution in [-0.2, 0) is 9.59 Å². The number of unbranched alkanes of at least 4 members (excludes halogenated alkanes) is 7. The Morgan fingerprint density at radius 1 is 0.964 bits per heavy atom. The predicted octanol–water partition coefficient (Wildman–Crippen LogP) is 2.31. The van der Waals surface area contributed by atoms with Crippen molar-refractivity contribution in [3.8, 4) is 0 Å². The minimum atomic E-state index is -2.28. The van der Waals surface area contributed by atoms with Gasteiger partial charge in [-0.05, 0) is 32.1 Å². The Morgan fingerprint density at radius 3 is 2.07 bits per heavy atom. The van der Waals surface area contributed by atoms with Gasteiger partial charge in [0.05, 0.1) is 12.7 Å². The van der Waals surface area contributed by atoms with Gasteiger partial charge in [-0.1, -0.05) is 51.2 Å². The van der Waals surface area contributed by atoms with Gasteiger partial charge in [0.25, 0.3) is 0 Å². The van der Waals surface area contributed by atoms with E-state index < -0.39 is 30.3 Å². The number of aliphatic hydroxyl groups excluding tert-OH is 3. The van der Waals surface area contributed by atoms with Crippen LogP contribution in [0, 0.1) is 0 Å². The molecule has 0 rings (SSSR count). The highest BCUT2D eigenvalue weighted by atomic mass is 16.4. The molecule has 0 amide bonds. The zero-order chi connectivity index (χ0) is 21.4. The summed E-state index contributed by atoms with van der Waals surface area (Å²) in [6.45, 7) is 1.19. The Balaban J connectivity index is 3.80. The zero-order valence-electron chi connectivity index (χ0n) is 17.2. The SMILES string of the molecule is CCCCCCC(=O)CCCCCC/C=C/C[C@@H](O)[C@H](O)C(N)(CO)C(=O)O. The molecule has 0 aliphatic carbocycles. The molecule has 164 valence electrons. The highest BCUT2D eigenvalue weighted by molar-refractivity contribution is 5.79. The van der Waals surface area contributed by atoms with Crippen molar-refractivity contribution in [1.82, 2.24) is 0 Å². The molecule has 0 fully saturated rings. The summed E-state index contributed by atoms with van der Waals surface area (Å²) in [5, 5.41) is 37.8. The fraction of sp³-hybridized carbons (Fsp3) is 0.810. The average Bonchev–Trinajstić information content (AvgIpc) is 2.68. The summed E-state index contributed by atoms with van der Waals surface area (Å²) in [4.78, 5) is 22.7. The summed E-state index contributed by atoms with van der Waals surface area (Å²) in [6.07, 6.45) is 11.1. The van der Waals surface area contributed by atoms with Crippen LogP contribution in [0.1, 0.15) is 84.0 Å². The Bertz CT molecular complexity index is 468. The quantitative estimate of drug-likeness (QED) is 0.175. The van der Waals surface area contributed by atoms with Gasteiger partial charge in [-0.15, -0.1) is 0 Å². The maximum Gasteiger partial charge on any atom is 0.328 e. The fourth-order valence-corrected chi connectivity index (χ4v) is 2.93. The van der Waals surface area contributed by atoms with Gasteiger partial charge in [0, 0.05) is 12.8 Å². The highest BCUT2D eigenvalue weighted by Gasteiger charge is 2.44. The summed E-state index contributed by atoms with van der Waals surface area (Å²) in [5.41, 5.74) is 3.16. The lowest BCUT2D eigenvalue weighted by molar-refractivity contribution is -0.155. The van der Waals surface area contributed by atoms with Crippen molar-refractivity contribution in [3.63, 3.8) is 0 Å². The van der Waals surface area contributed by atoms with E-state index in [0.717, 1.165) is 44.9 Å². The van der Waals surface area contributed by atoms with Crippen molar-refractivity contribution < 1.29 is 30.0 Å². The third-order valence-corrected chi connectivity index (χ3v) is 4.98. The Kier molecular flexibility index (Phi) is 14.9. The highest BCUT2D eigenvalue weighted by Crippen LogP contribution is 2.15. The van der Waals surface area contributed by atoms with Crippen LogP contribution in [0.2, 0.25) is 0 Å². The second kappa shape index (κ2) is 15.6. The Hall–Kier alpha value is -1.28. The maximum atomic E-state index is 11.7. The molecule has 0 spiro atoms. The minimum absolute atomic E-state index is 0.0555. The van der Waals surface area contributed by atoms with Gasteiger partial charge >= 0.3 is 5.97 Å².